The first-order valence-corrected chi connectivity index (χ1v) is 10.8. The van der Waals surface area contributed by atoms with Crippen molar-refractivity contribution in [2.24, 2.45) is 18.7 Å². The maximum absolute atomic E-state index is 11.4. The highest BCUT2D eigenvalue weighted by Gasteiger charge is 2.26. The van der Waals surface area contributed by atoms with E-state index < -0.39 is 0 Å². The van der Waals surface area contributed by atoms with Crippen molar-refractivity contribution in [2.45, 2.75) is 31.7 Å². The van der Waals surface area contributed by atoms with Crippen molar-refractivity contribution in [1.82, 2.24) is 29.5 Å². The van der Waals surface area contributed by atoms with Crippen molar-refractivity contribution in [1.29, 1.82) is 0 Å². The van der Waals surface area contributed by atoms with Crippen LogP contribution in [0.25, 0.3) is 33.6 Å². The molecule has 1 saturated carbocycles. The number of aromatic nitrogens is 6. The molecule has 0 radical (unpaired) electrons. The summed E-state index contributed by atoms with van der Waals surface area (Å²) < 4.78 is 3.79. The molecule has 8 heteroatoms. The summed E-state index contributed by atoms with van der Waals surface area (Å²) in [5.41, 5.74) is 10.5. The molecule has 0 aliphatic heterocycles. The number of carbonyl (C=O) groups is 1. The molecule has 0 bridgehead atoms. The fourth-order valence-corrected chi connectivity index (χ4v) is 4.35. The number of hydrogen-bond acceptors (Lipinski definition) is 5. The van der Waals surface area contributed by atoms with Crippen LogP contribution in [0, 0.1) is 5.92 Å². The fourth-order valence-electron chi connectivity index (χ4n) is 4.35. The molecule has 1 fully saturated rings. The van der Waals surface area contributed by atoms with E-state index in [2.05, 4.69) is 32.3 Å². The van der Waals surface area contributed by atoms with E-state index in [1.807, 2.05) is 61.0 Å². The summed E-state index contributed by atoms with van der Waals surface area (Å²) in [6.07, 6.45) is 14.9. The molecular weight excluding hydrogens is 402 g/mol. The molecule has 3 heterocycles. The van der Waals surface area contributed by atoms with E-state index in [0.717, 1.165) is 53.5 Å². The minimum atomic E-state index is -0.187. The molecule has 0 spiro atoms. The quantitative estimate of drug-likeness (QED) is 0.524. The van der Waals surface area contributed by atoms with Gasteiger partial charge in [0.2, 0.25) is 5.91 Å². The summed E-state index contributed by atoms with van der Waals surface area (Å²) in [5, 5.41) is 8.80. The Hall–Kier alpha value is -3.81. The molecule has 1 aromatic carbocycles. The van der Waals surface area contributed by atoms with Gasteiger partial charge in [0.1, 0.15) is 0 Å². The lowest BCUT2D eigenvalue weighted by molar-refractivity contribution is -0.122. The molecule has 1 aliphatic carbocycles. The molecule has 162 valence electrons. The summed E-state index contributed by atoms with van der Waals surface area (Å²) in [5.74, 6) is 0.489. The minimum absolute atomic E-state index is 0.00103. The van der Waals surface area contributed by atoms with Gasteiger partial charge in [-0.05, 0) is 37.3 Å². The van der Waals surface area contributed by atoms with Crippen LogP contribution in [0.3, 0.4) is 0 Å². The van der Waals surface area contributed by atoms with Gasteiger partial charge < -0.3 is 5.73 Å². The number of nitrogens with two attached hydrogens (primary N) is 1. The average molecular weight is 428 g/mol. The number of benzene rings is 1. The van der Waals surface area contributed by atoms with Gasteiger partial charge in [-0.2, -0.15) is 10.2 Å². The van der Waals surface area contributed by atoms with E-state index in [4.69, 9.17) is 5.73 Å². The van der Waals surface area contributed by atoms with E-state index in [0.29, 0.717) is 11.9 Å². The van der Waals surface area contributed by atoms with Gasteiger partial charge in [0.05, 0.1) is 18.4 Å². The number of aryl methyl sites for hydroxylation is 1. The molecular formula is C24H25N7O. The number of nitrogens with zero attached hydrogens (tertiary/aromatic N) is 6. The van der Waals surface area contributed by atoms with E-state index in [-0.39, 0.29) is 11.8 Å². The zero-order chi connectivity index (χ0) is 22.1. The highest BCUT2D eigenvalue weighted by atomic mass is 16.1. The molecule has 0 atom stereocenters. The average Bonchev–Trinajstić information content (AvgIpc) is 3.49. The van der Waals surface area contributed by atoms with Crippen LogP contribution in [0.4, 0.5) is 0 Å². The van der Waals surface area contributed by atoms with Crippen LogP contribution in [0.15, 0.2) is 61.4 Å². The zero-order valence-corrected chi connectivity index (χ0v) is 17.9. The van der Waals surface area contributed by atoms with Crippen LogP contribution in [-0.2, 0) is 11.8 Å². The number of primary amides is 1. The molecule has 32 heavy (non-hydrogen) atoms. The largest absolute Gasteiger partial charge is 0.369 e. The zero-order valence-electron chi connectivity index (χ0n) is 17.9. The van der Waals surface area contributed by atoms with Crippen LogP contribution in [0.1, 0.15) is 31.7 Å². The lowest BCUT2D eigenvalue weighted by Crippen LogP contribution is -2.28. The Labute approximate surface area is 186 Å². The third-order valence-electron chi connectivity index (χ3n) is 6.22. The van der Waals surface area contributed by atoms with Crippen molar-refractivity contribution in [3.05, 3.63) is 61.4 Å². The maximum Gasteiger partial charge on any atom is 0.220 e. The van der Waals surface area contributed by atoms with Crippen molar-refractivity contribution in [3.63, 3.8) is 0 Å². The van der Waals surface area contributed by atoms with Crippen molar-refractivity contribution in [2.75, 3.05) is 0 Å². The number of carbonyl (C=O) groups excluding carboxylic acids is 1. The van der Waals surface area contributed by atoms with E-state index >= 15 is 0 Å². The van der Waals surface area contributed by atoms with Gasteiger partial charge in [-0.3, -0.25) is 14.2 Å². The van der Waals surface area contributed by atoms with Gasteiger partial charge in [0.15, 0.2) is 5.82 Å². The lowest BCUT2D eigenvalue weighted by Gasteiger charge is -2.26. The van der Waals surface area contributed by atoms with Gasteiger partial charge in [0, 0.05) is 60.0 Å². The SMILES string of the molecule is Cn1cc(-c2cccc(-c3ncc(-c4cnn(C5CCC(C(N)=O)CC5)c4)cn3)c2)cn1. The molecule has 8 nitrogen and oxygen atoms in total. The third kappa shape index (κ3) is 4.03. The smallest absolute Gasteiger partial charge is 0.220 e. The molecule has 1 amide bonds. The second-order valence-electron chi connectivity index (χ2n) is 8.40. The van der Waals surface area contributed by atoms with E-state index in [1.165, 1.54) is 0 Å². The second kappa shape index (κ2) is 8.37. The Balaban J connectivity index is 1.31. The Kier molecular flexibility index (Phi) is 5.26. The van der Waals surface area contributed by atoms with Crippen LogP contribution in [0.5, 0.6) is 0 Å². The van der Waals surface area contributed by atoms with Gasteiger partial charge in [0.25, 0.3) is 0 Å². The molecule has 0 saturated heterocycles. The summed E-state index contributed by atoms with van der Waals surface area (Å²) in [7, 11) is 1.91. The Morgan fingerprint density at radius 2 is 1.56 bits per heavy atom. The highest BCUT2D eigenvalue weighted by Crippen LogP contribution is 2.32. The predicted molar refractivity (Wildman–Crippen MR) is 121 cm³/mol. The Morgan fingerprint density at radius 1 is 0.875 bits per heavy atom. The standard InChI is InChI=1S/C24H25N7O/c1-30-14-20(12-28-30)17-3-2-4-18(9-17)24-26-10-19(11-27-24)21-13-29-31(15-21)22-7-5-16(6-8-22)23(25)32/h2-4,9-16,22H,5-8H2,1H3,(H2,25,32). The number of rotatable bonds is 5. The van der Waals surface area contributed by atoms with Crippen molar-refractivity contribution in [3.8, 4) is 33.6 Å². The van der Waals surface area contributed by atoms with Gasteiger partial charge >= 0.3 is 0 Å². The van der Waals surface area contributed by atoms with E-state index in [1.54, 1.807) is 4.68 Å². The third-order valence-corrected chi connectivity index (χ3v) is 6.22. The first-order valence-electron chi connectivity index (χ1n) is 10.8. The molecule has 1 aliphatic rings. The van der Waals surface area contributed by atoms with Crippen LogP contribution >= 0.6 is 0 Å². The topological polar surface area (TPSA) is 105 Å². The second-order valence-corrected chi connectivity index (χ2v) is 8.40. The molecule has 3 aromatic heterocycles. The van der Waals surface area contributed by atoms with Crippen LogP contribution < -0.4 is 5.73 Å². The number of hydrogen-bond donors (Lipinski definition) is 1. The molecule has 5 rings (SSSR count). The summed E-state index contributed by atoms with van der Waals surface area (Å²) >= 11 is 0. The number of amides is 1. The summed E-state index contributed by atoms with van der Waals surface area (Å²) in [6.45, 7) is 0. The monoisotopic (exact) mass is 427 g/mol. The Morgan fingerprint density at radius 3 is 2.25 bits per heavy atom. The van der Waals surface area contributed by atoms with Crippen LogP contribution in [0.2, 0.25) is 0 Å². The van der Waals surface area contributed by atoms with Crippen molar-refractivity contribution >= 4 is 5.91 Å². The van der Waals surface area contributed by atoms with Crippen LogP contribution in [-0.4, -0.2) is 35.4 Å². The minimum Gasteiger partial charge on any atom is -0.369 e. The van der Waals surface area contributed by atoms with Gasteiger partial charge in [-0.1, -0.05) is 18.2 Å². The lowest BCUT2D eigenvalue weighted by atomic mass is 9.86. The maximum atomic E-state index is 11.4. The summed E-state index contributed by atoms with van der Waals surface area (Å²) in [6, 6.07) is 8.45. The fraction of sp³-hybridized carbons (Fsp3) is 0.292. The molecule has 4 aromatic rings. The molecule has 2 N–H and O–H groups in total. The molecule has 0 unspecified atom stereocenters. The predicted octanol–water partition coefficient (Wildman–Crippen LogP) is 3.62. The first-order chi connectivity index (χ1) is 15.6. The van der Waals surface area contributed by atoms with Crippen molar-refractivity contribution < 1.29 is 4.79 Å². The van der Waals surface area contributed by atoms with Gasteiger partial charge in [-0.25, -0.2) is 9.97 Å². The highest BCUT2D eigenvalue weighted by molar-refractivity contribution is 5.76. The normalized spacial score (nSPS) is 18.5. The Bertz CT molecular complexity index is 1230. The van der Waals surface area contributed by atoms with E-state index in [9.17, 15) is 4.79 Å². The van der Waals surface area contributed by atoms with Gasteiger partial charge in [-0.15, -0.1) is 0 Å². The first kappa shape index (κ1) is 20.1. The summed E-state index contributed by atoms with van der Waals surface area (Å²) in [4.78, 5) is 20.6.